The zero-order valence-electron chi connectivity index (χ0n) is 4.09. The van der Waals surface area contributed by atoms with Crippen molar-refractivity contribution in [1.82, 2.24) is 5.32 Å². The summed E-state index contributed by atoms with van der Waals surface area (Å²) < 4.78 is 5.01. The number of ether oxygens (including phenoxy) is 1. The molecule has 0 aliphatic carbocycles. The average molecular weight is 244 g/mol. The van der Waals surface area contributed by atoms with E-state index in [1.807, 2.05) is 0 Å². The van der Waals surface area contributed by atoms with Gasteiger partial charge in [0.2, 0.25) is 0 Å². The van der Waals surface area contributed by atoms with Crippen LogP contribution in [-0.4, -0.2) is 26.3 Å². The second-order valence-corrected chi connectivity index (χ2v) is 1.36. The number of nitrogens with one attached hydrogen (secondary N) is 1. The van der Waals surface area contributed by atoms with Crippen molar-refractivity contribution in [3.05, 3.63) is 0 Å². The minimum Gasteiger partial charge on any atom is -0.379 e. The summed E-state index contributed by atoms with van der Waals surface area (Å²) in [6.45, 7) is 3.83. The van der Waals surface area contributed by atoms with Crippen LogP contribution in [0.3, 0.4) is 0 Å². The van der Waals surface area contributed by atoms with E-state index in [9.17, 15) is 0 Å². The standard InChI is InChI=1S/C4H9NO.Gd/c1-3-6-4-2-5-1;/h5H,1-4H2;. The SMILES string of the molecule is C1COCCN1.[Gd]. The molecule has 0 unspecified atom stereocenters. The summed E-state index contributed by atoms with van der Waals surface area (Å²) in [5, 5.41) is 3.16. The van der Waals surface area contributed by atoms with Gasteiger partial charge in [-0.2, -0.15) is 0 Å². The average Bonchev–Trinajstić information content (AvgIpc) is 1.72. The van der Waals surface area contributed by atoms with Gasteiger partial charge in [0.1, 0.15) is 0 Å². The smallest absolute Gasteiger partial charge is 0.0591 e. The maximum atomic E-state index is 5.01. The van der Waals surface area contributed by atoms with Crippen LogP contribution >= 0.6 is 0 Å². The molecule has 44 valence electrons. The zero-order chi connectivity index (χ0) is 4.24. The Bertz CT molecular complexity index is 27.2. The molecule has 2 nitrogen and oxygen atoms in total. The molecule has 1 saturated heterocycles. The van der Waals surface area contributed by atoms with Crippen LogP contribution in [0, 0.1) is 39.9 Å². The molecule has 0 spiro atoms. The second-order valence-electron chi connectivity index (χ2n) is 1.36. The van der Waals surface area contributed by atoms with Gasteiger partial charge in [0.15, 0.2) is 0 Å². The summed E-state index contributed by atoms with van der Waals surface area (Å²) in [5.74, 6) is 0. The predicted octanol–water partition coefficient (Wildman–Crippen LogP) is -0.394. The fourth-order valence-corrected chi connectivity index (χ4v) is 0.516. The van der Waals surface area contributed by atoms with Gasteiger partial charge in [-0.25, -0.2) is 0 Å². The Morgan fingerprint density at radius 1 is 1.14 bits per heavy atom. The minimum absolute atomic E-state index is 0. The number of rotatable bonds is 0. The summed E-state index contributed by atoms with van der Waals surface area (Å²) in [6.07, 6.45) is 0. The van der Waals surface area contributed by atoms with Gasteiger partial charge >= 0.3 is 0 Å². The van der Waals surface area contributed by atoms with Crippen molar-refractivity contribution < 1.29 is 44.7 Å². The molecule has 3 heteroatoms. The summed E-state index contributed by atoms with van der Waals surface area (Å²) in [6, 6.07) is 0. The molecule has 1 heterocycles. The maximum absolute atomic E-state index is 5.01. The third-order valence-electron chi connectivity index (χ3n) is 0.846. The maximum Gasteiger partial charge on any atom is 0.0591 e. The minimum atomic E-state index is 0. The van der Waals surface area contributed by atoms with Gasteiger partial charge in [-0.3, -0.25) is 0 Å². The van der Waals surface area contributed by atoms with E-state index in [0.717, 1.165) is 26.3 Å². The third kappa shape index (κ3) is 3.80. The van der Waals surface area contributed by atoms with Gasteiger partial charge in [0.25, 0.3) is 0 Å². The van der Waals surface area contributed by atoms with Crippen molar-refractivity contribution in [2.24, 2.45) is 0 Å². The van der Waals surface area contributed by atoms with Crippen LogP contribution in [0.5, 0.6) is 0 Å². The summed E-state index contributed by atoms with van der Waals surface area (Å²) in [4.78, 5) is 0. The molecule has 1 N–H and O–H groups in total. The Morgan fingerprint density at radius 3 is 1.86 bits per heavy atom. The molecule has 0 aromatic carbocycles. The van der Waals surface area contributed by atoms with E-state index >= 15 is 0 Å². The monoisotopic (exact) mass is 245 g/mol. The van der Waals surface area contributed by atoms with E-state index in [4.69, 9.17) is 4.74 Å². The van der Waals surface area contributed by atoms with Crippen LogP contribution in [-0.2, 0) is 4.74 Å². The fraction of sp³-hybridized carbons (Fsp3) is 1.00. The van der Waals surface area contributed by atoms with E-state index in [2.05, 4.69) is 5.32 Å². The molecule has 0 aromatic heterocycles. The zero-order valence-corrected chi connectivity index (χ0v) is 6.36. The van der Waals surface area contributed by atoms with Crippen molar-refractivity contribution in [3.63, 3.8) is 0 Å². The van der Waals surface area contributed by atoms with Gasteiger partial charge in [-0.1, -0.05) is 0 Å². The van der Waals surface area contributed by atoms with Gasteiger partial charge in [0, 0.05) is 53.0 Å². The summed E-state index contributed by atoms with van der Waals surface area (Å²) >= 11 is 0. The van der Waals surface area contributed by atoms with Gasteiger partial charge in [-0.15, -0.1) is 0 Å². The number of morpholine rings is 1. The van der Waals surface area contributed by atoms with Crippen molar-refractivity contribution in [1.29, 1.82) is 0 Å². The van der Waals surface area contributed by atoms with Crippen LogP contribution in [0.1, 0.15) is 0 Å². The van der Waals surface area contributed by atoms with Crippen LogP contribution in [0.2, 0.25) is 0 Å². The second kappa shape index (κ2) is 5.38. The molecule has 1 rings (SSSR count). The molecule has 0 atom stereocenters. The predicted molar refractivity (Wildman–Crippen MR) is 23.7 cm³/mol. The largest absolute Gasteiger partial charge is 0.379 e. The van der Waals surface area contributed by atoms with E-state index in [-0.39, 0.29) is 39.9 Å². The first-order valence-corrected chi connectivity index (χ1v) is 2.28. The molecular formula is C4H9GdNO. The number of hydrogen-bond donors (Lipinski definition) is 1. The Balaban J connectivity index is 0.000000360. The quantitative estimate of drug-likeness (QED) is 0.626. The molecule has 0 amide bonds. The Hall–Kier alpha value is 1.24. The normalized spacial score (nSPS) is 20.6. The van der Waals surface area contributed by atoms with Gasteiger partial charge < -0.3 is 10.1 Å². The first-order chi connectivity index (χ1) is 3.00. The van der Waals surface area contributed by atoms with Crippen molar-refractivity contribution in [3.8, 4) is 0 Å². The van der Waals surface area contributed by atoms with Crippen LogP contribution in [0.25, 0.3) is 0 Å². The Kier molecular flexibility index (Phi) is 6.34. The van der Waals surface area contributed by atoms with Crippen LogP contribution < -0.4 is 5.32 Å². The molecule has 7 heavy (non-hydrogen) atoms. The molecule has 0 saturated carbocycles. The Morgan fingerprint density at radius 2 is 1.71 bits per heavy atom. The van der Waals surface area contributed by atoms with Gasteiger partial charge in [-0.05, 0) is 0 Å². The molecule has 1 fully saturated rings. The summed E-state index contributed by atoms with van der Waals surface area (Å²) in [7, 11) is 0. The van der Waals surface area contributed by atoms with E-state index in [1.165, 1.54) is 0 Å². The van der Waals surface area contributed by atoms with E-state index in [0.29, 0.717) is 0 Å². The first kappa shape index (κ1) is 8.24. The summed E-state index contributed by atoms with van der Waals surface area (Å²) in [5.41, 5.74) is 0. The van der Waals surface area contributed by atoms with E-state index < -0.39 is 0 Å². The van der Waals surface area contributed by atoms with Crippen LogP contribution in [0.15, 0.2) is 0 Å². The molecular weight excluding hydrogens is 235 g/mol. The van der Waals surface area contributed by atoms with Crippen LogP contribution in [0.4, 0.5) is 0 Å². The van der Waals surface area contributed by atoms with Crippen molar-refractivity contribution >= 4 is 0 Å². The molecule has 0 aromatic rings. The van der Waals surface area contributed by atoms with Gasteiger partial charge in [0.05, 0.1) is 13.2 Å². The molecule has 1 aliphatic heterocycles. The Labute approximate surface area is 75.7 Å². The first-order valence-electron chi connectivity index (χ1n) is 2.28. The van der Waals surface area contributed by atoms with Crippen molar-refractivity contribution in [2.45, 2.75) is 0 Å². The molecule has 0 radical (unpaired) electrons. The fourth-order valence-electron chi connectivity index (χ4n) is 0.516. The topological polar surface area (TPSA) is 21.3 Å². The molecule has 0 bridgehead atoms. The van der Waals surface area contributed by atoms with E-state index in [1.54, 1.807) is 0 Å². The number of hydrogen-bond acceptors (Lipinski definition) is 2. The molecule has 1 aliphatic rings. The van der Waals surface area contributed by atoms with Crippen molar-refractivity contribution in [2.75, 3.05) is 26.3 Å². The third-order valence-corrected chi connectivity index (χ3v) is 0.846.